The first-order chi connectivity index (χ1) is 9.52. The first kappa shape index (κ1) is 14.8. The smallest absolute Gasteiger partial charge is 0.0766 e. The van der Waals surface area contributed by atoms with Gasteiger partial charge >= 0.3 is 0 Å². The Morgan fingerprint density at radius 2 is 1.90 bits per heavy atom. The van der Waals surface area contributed by atoms with Gasteiger partial charge in [0.05, 0.1) is 11.4 Å². The van der Waals surface area contributed by atoms with Gasteiger partial charge in [-0.05, 0) is 36.1 Å². The van der Waals surface area contributed by atoms with Crippen LogP contribution in [-0.4, -0.2) is 16.3 Å². The van der Waals surface area contributed by atoms with E-state index in [1.165, 1.54) is 11.3 Å². The lowest BCUT2D eigenvalue weighted by molar-refractivity contribution is 0.582. The average Bonchev–Trinajstić information content (AvgIpc) is 2.87. The molecule has 1 N–H and O–H groups in total. The fraction of sp³-hybridized carbons (Fsp3) is 0.471. The first-order valence-corrected chi connectivity index (χ1v) is 7.37. The molecule has 0 saturated heterocycles. The van der Waals surface area contributed by atoms with Crippen LogP contribution in [0.2, 0.25) is 0 Å². The van der Waals surface area contributed by atoms with E-state index in [1.807, 2.05) is 10.9 Å². The zero-order chi connectivity index (χ0) is 14.6. The van der Waals surface area contributed by atoms with Gasteiger partial charge in [0.2, 0.25) is 0 Å². The summed E-state index contributed by atoms with van der Waals surface area (Å²) in [4.78, 5) is 0. The molecular weight excluding hydrogens is 246 g/mol. The topological polar surface area (TPSA) is 29.9 Å². The monoisotopic (exact) mass is 271 g/mol. The summed E-state index contributed by atoms with van der Waals surface area (Å²) >= 11 is 0. The molecule has 0 aliphatic carbocycles. The fourth-order valence-electron chi connectivity index (χ4n) is 2.29. The number of hydrogen-bond acceptors (Lipinski definition) is 2. The average molecular weight is 271 g/mol. The van der Waals surface area contributed by atoms with Crippen molar-refractivity contribution < 1.29 is 0 Å². The van der Waals surface area contributed by atoms with Crippen molar-refractivity contribution in [3.8, 4) is 5.69 Å². The summed E-state index contributed by atoms with van der Waals surface area (Å²) < 4.78 is 1.99. The minimum atomic E-state index is 0.114. The van der Waals surface area contributed by atoms with E-state index in [2.05, 4.69) is 68.4 Å². The van der Waals surface area contributed by atoms with Crippen LogP contribution < -0.4 is 5.32 Å². The van der Waals surface area contributed by atoms with Gasteiger partial charge in [-0.2, -0.15) is 5.10 Å². The molecular formula is C17H25N3. The Morgan fingerprint density at radius 1 is 1.15 bits per heavy atom. The third kappa shape index (κ3) is 3.48. The van der Waals surface area contributed by atoms with Gasteiger partial charge in [0.15, 0.2) is 0 Å². The Hall–Kier alpha value is -1.61. The minimum Gasteiger partial charge on any atom is -0.311 e. The number of para-hydroxylation sites is 1. The molecule has 0 amide bonds. The summed E-state index contributed by atoms with van der Waals surface area (Å²) in [5, 5.41) is 8.07. The molecule has 3 heteroatoms. The Balaban J connectivity index is 2.24. The van der Waals surface area contributed by atoms with Crippen LogP contribution in [-0.2, 0) is 12.0 Å². The molecule has 2 rings (SSSR count). The van der Waals surface area contributed by atoms with E-state index < -0.39 is 0 Å². The summed E-state index contributed by atoms with van der Waals surface area (Å²) in [6.07, 6.45) is 3.20. The van der Waals surface area contributed by atoms with Gasteiger partial charge < -0.3 is 5.32 Å². The van der Waals surface area contributed by atoms with Gasteiger partial charge in [-0.25, -0.2) is 4.68 Å². The zero-order valence-corrected chi connectivity index (χ0v) is 13.0. The van der Waals surface area contributed by atoms with Gasteiger partial charge in [-0.3, -0.25) is 0 Å². The summed E-state index contributed by atoms with van der Waals surface area (Å²) in [7, 11) is 0. The van der Waals surface area contributed by atoms with Crippen molar-refractivity contribution in [3.63, 3.8) is 0 Å². The van der Waals surface area contributed by atoms with Crippen LogP contribution in [0.25, 0.3) is 5.69 Å². The van der Waals surface area contributed by atoms with Gasteiger partial charge in [-0.1, -0.05) is 45.9 Å². The molecule has 3 nitrogen and oxygen atoms in total. The van der Waals surface area contributed by atoms with Crippen LogP contribution in [0, 0.1) is 0 Å². The Kier molecular flexibility index (Phi) is 4.61. The van der Waals surface area contributed by atoms with Crippen LogP contribution in [0.5, 0.6) is 0 Å². The number of aromatic nitrogens is 2. The molecule has 108 valence electrons. The molecule has 0 aliphatic rings. The van der Waals surface area contributed by atoms with Crippen LogP contribution in [0.15, 0.2) is 36.5 Å². The third-order valence-electron chi connectivity index (χ3n) is 3.34. The van der Waals surface area contributed by atoms with Crippen LogP contribution >= 0.6 is 0 Å². The molecule has 1 aromatic carbocycles. The highest BCUT2D eigenvalue weighted by Crippen LogP contribution is 2.27. The van der Waals surface area contributed by atoms with E-state index in [1.54, 1.807) is 0 Å². The summed E-state index contributed by atoms with van der Waals surface area (Å²) in [6, 6.07) is 10.6. The highest BCUT2D eigenvalue weighted by Gasteiger charge is 2.18. The molecule has 0 unspecified atom stereocenters. The molecule has 20 heavy (non-hydrogen) atoms. The molecule has 1 aromatic heterocycles. The van der Waals surface area contributed by atoms with Crippen LogP contribution in [0.1, 0.15) is 45.4 Å². The van der Waals surface area contributed by atoms with Gasteiger partial charge in [0, 0.05) is 12.7 Å². The van der Waals surface area contributed by atoms with Gasteiger partial charge in [0.1, 0.15) is 0 Å². The van der Waals surface area contributed by atoms with Crippen molar-refractivity contribution in [2.75, 3.05) is 6.54 Å². The van der Waals surface area contributed by atoms with Crippen molar-refractivity contribution in [3.05, 3.63) is 47.8 Å². The zero-order valence-electron chi connectivity index (χ0n) is 13.0. The molecule has 0 aliphatic heterocycles. The predicted molar refractivity (Wildman–Crippen MR) is 84.3 cm³/mol. The number of nitrogens with one attached hydrogen (secondary N) is 1. The molecule has 1 heterocycles. The van der Waals surface area contributed by atoms with Crippen molar-refractivity contribution in [1.82, 2.24) is 15.1 Å². The van der Waals surface area contributed by atoms with E-state index in [4.69, 9.17) is 0 Å². The summed E-state index contributed by atoms with van der Waals surface area (Å²) in [5.74, 6) is 0. The SMILES string of the molecule is CCCNCc1ccn(-c2ccccc2C(C)(C)C)n1. The second kappa shape index (κ2) is 6.23. The molecule has 0 saturated carbocycles. The van der Waals surface area contributed by atoms with E-state index in [0.717, 1.165) is 25.2 Å². The lowest BCUT2D eigenvalue weighted by Crippen LogP contribution is -2.16. The van der Waals surface area contributed by atoms with E-state index in [0.29, 0.717) is 0 Å². The molecule has 0 fully saturated rings. The molecule has 0 spiro atoms. The highest BCUT2D eigenvalue weighted by atomic mass is 15.3. The molecule has 2 aromatic rings. The van der Waals surface area contributed by atoms with Gasteiger partial charge in [0.25, 0.3) is 0 Å². The van der Waals surface area contributed by atoms with Crippen molar-refractivity contribution >= 4 is 0 Å². The maximum absolute atomic E-state index is 4.68. The normalized spacial score (nSPS) is 11.8. The lowest BCUT2D eigenvalue weighted by atomic mass is 9.86. The Morgan fingerprint density at radius 3 is 2.60 bits per heavy atom. The van der Waals surface area contributed by atoms with Crippen LogP contribution in [0.4, 0.5) is 0 Å². The van der Waals surface area contributed by atoms with E-state index >= 15 is 0 Å². The van der Waals surface area contributed by atoms with Crippen molar-refractivity contribution in [1.29, 1.82) is 0 Å². The first-order valence-electron chi connectivity index (χ1n) is 7.37. The van der Waals surface area contributed by atoms with E-state index in [9.17, 15) is 0 Å². The highest BCUT2D eigenvalue weighted by molar-refractivity contribution is 5.44. The Bertz CT molecular complexity index is 549. The number of hydrogen-bond donors (Lipinski definition) is 1. The van der Waals surface area contributed by atoms with E-state index in [-0.39, 0.29) is 5.41 Å². The number of nitrogens with zero attached hydrogens (tertiary/aromatic N) is 2. The second-order valence-electron chi connectivity index (χ2n) is 6.20. The van der Waals surface area contributed by atoms with Crippen molar-refractivity contribution in [2.24, 2.45) is 0 Å². The number of benzene rings is 1. The Labute approximate surface area is 122 Å². The van der Waals surface area contributed by atoms with Crippen molar-refractivity contribution in [2.45, 2.75) is 46.1 Å². The second-order valence-corrected chi connectivity index (χ2v) is 6.20. The molecule has 0 atom stereocenters. The van der Waals surface area contributed by atoms with Crippen LogP contribution in [0.3, 0.4) is 0 Å². The lowest BCUT2D eigenvalue weighted by Gasteiger charge is -2.22. The maximum atomic E-state index is 4.68. The predicted octanol–water partition coefficient (Wildman–Crippen LogP) is 3.67. The molecule has 0 bridgehead atoms. The third-order valence-corrected chi connectivity index (χ3v) is 3.34. The minimum absolute atomic E-state index is 0.114. The maximum Gasteiger partial charge on any atom is 0.0766 e. The molecule has 0 radical (unpaired) electrons. The quantitative estimate of drug-likeness (QED) is 0.841. The summed E-state index contributed by atoms with van der Waals surface area (Å²) in [5.41, 5.74) is 3.68. The fourth-order valence-corrected chi connectivity index (χ4v) is 2.29. The largest absolute Gasteiger partial charge is 0.311 e. The van der Waals surface area contributed by atoms with Gasteiger partial charge in [-0.15, -0.1) is 0 Å². The standard InChI is InChI=1S/C17H25N3/c1-5-11-18-13-14-10-12-20(19-14)16-9-7-6-8-15(16)17(2,3)4/h6-10,12,18H,5,11,13H2,1-4H3. The summed E-state index contributed by atoms with van der Waals surface area (Å²) in [6.45, 7) is 10.7. The number of rotatable bonds is 5.